The molecule has 0 unspecified atom stereocenters. The van der Waals surface area contributed by atoms with Crippen LogP contribution in [0.15, 0.2) is 48.5 Å². The average molecular weight is 313 g/mol. The van der Waals surface area contributed by atoms with Gasteiger partial charge in [0.1, 0.15) is 17.6 Å². The lowest BCUT2D eigenvalue weighted by atomic mass is 10.1. The van der Waals surface area contributed by atoms with Crippen LogP contribution in [-0.2, 0) is 6.42 Å². The van der Waals surface area contributed by atoms with E-state index < -0.39 is 5.82 Å². The summed E-state index contributed by atoms with van der Waals surface area (Å²) in [7, 11) is 0. The topological polar surface area (TPSA) is 54.5 Å². The van der Waals surface area contributed by atoms with Crippen LogP contribution in [0.1, 0.15) is 17.0 Å². The van der Waals surface area contributed by atoms with Gasteiger partial charge in [0.25, 0.3) is 0 Å². The molecule has 4 nitrogen and oxygen atoms in total. The van der Waals surface area contributed by atoms with E-state index in [1.54, 1.807) is 30.3 Å². The summed E-state index contributed by atoms with van der Waals surface area (Å²) in [5, 5.41) is 17.6. The van der Waals surface area contributed by atoms with Crippen LogP contribution in [0.3, 0.4) is 0 Å². The Morgan fingerprint density at radius 3 is 2.55 bits per heavy atom. The van der Waals surface area contributed by atoms with Gasteiger partial charge in [0.2, 0.25) is 0 Å². The smallest absolute Gasteiger partial charge is 0.186 e. The van der Waals surface area contributed by atoms with Crippen molar-refractivity contribution in [2.75, 3.05) is 0 Å². The Balaban J connectivity index is 2.07. The fourth-order valence-corrected chi connectivity index (χ4v) is 2.29. The third-order valence-corrected chi connectivity index (χ3v) is 3.49. The van der Waals surface area contributed by atoms with Crippen molar-refractivity contribution in [2.45, 2.75) is 6.42 Å². The van der Waals surface area contributed by atoms with Crippen LogP contribution in [0, 0.1) is 17.1 Å². The van der Waals surface area contributed by atoms with Gasteiger partial charge in [-0.2, -0.15) is 5.26 Å². The predicted molar refractivity (Wildman–Crippen MR) is 80.3 cm³/mol. The third kappa shape index (κ3) is 2.69. The highest BCUT2D eigenvalue weighted by molar-refractivity contribution is 6.30. The lowest BCUT2D eigenvalue weighted by molar-refractivity contribution is 0.603. The third-order valence-electron chi connectivity index (χ3n) is 3.23. The molecule has 0 aliphatic heterocycles. The average Bonchev–Trinajstić information content (AvgIpc) is 2.92. The van der Waals surface area contributed by atoms with Crippen molar-refractivity contribution in [3.05, 3.63) is 76.3 Å². The van der Waals surface area contributed by atoms with Crippen molar-refractivity contribution in [1.29, 1.82) is 5.26 Å². The van der Waals surface area contributed by atoms with E-state index in [0.29, 0.717) is 17.1 Å². The molecule has 1 aromatic heterocycles. The van der Waals surface area contributed by atoms with Gasteiger partial charge in [-0.25, -0.2) is 9.07 Å². The van der Waals surface area contributed by atoms with Crippen LogP contribution < -0.4 is 0 Å². The first-order valence-electron chi connectivity index (χ1n) is 6.53. The second-order valence-electron chi connectivity index (χ2n) is 4.66. The summed E-state index contributed by atoms with van der Waals surface area (Å²) < 4.78 is 15.3. The molecule has 0 bridgehead atoms. The molecule has 3 aromatic rings. The lowest BCUT2D eigenvalue weighted by Gasteiger charge is -2.07. The van der Waals surface area contributed by atoms with Crippen molar-refractivity contribution in [2.24, 2.45) is 0 Å². The quantitative estimate of drug-likeness (QED) is 0.743. The Bertz CT molecular complexity index is 849. The number of nitrogens with zero attached hydrogens (tertiary/aromatic N) is 4. The highest BCUT2D eigenvalue weighted by Gasteiger charge is 2.16. The van der Waals surface area contributed by atoms with Gasteiger partial charge >= 0.3 is 0 Å². The largest absolute Gasteiger partial charge is 0.213 e. The highest BCUT2D eigenvalue weighted by atomic mass is 35.5. The molecule has 0 radical (unpaired) electrons. The first-order chi connectivity index (χ1) is 10.7. The van der Waals surface area contributed by atoms with Crippen LogP contribution in [0.2, 0.25) is 5.02 Å². The van der Waals surface area contributed by atoms with Gasteiger partial charge in [0.15, 0.2) is 5.69 Å². The Kier molecular flexibility index (Phi) is 3.86. The molecule has 0 spiro atoms. The zero-order valence-corrected chi connectivity index (χ0v) is 12.1. The maximum atomic E-state index is 14.0. The van der Waals surface area contributed by atoms with E-state index in [-0.39, 0.29) is 11.4 Å². The van der Waals surface area contributed by atoms with Gasteiger partial charge in [-0.05, 0) is 29.8 Å². The molecule has 1 heterocycles. The van der Waals surface area contributed by atoms with Crippen molar-refractivity contribution >= 4 is 11.6 Å². The van der Waals surface area contributed by atoms with E-state index in [4.69, 9.17) is 11.6 Å². The zero-order valence-electron chi connectivity index (χ0n) is 11.4. The fraction of sp³-hybridized carbons (Fsp3) is 0.0625. The summed E-state index contributed by atoms with van der Waals surface area (Å²) in [5.74, 6) is -0.422. The minimum absolute atomic E-state index is 0.179. The van der Waals surface area contributed by atoms with E-state index in [9.17, 15) is 9.65 Å². The molecule has 108 valence electrons. The van der Waals surface area contributed by atoms with E-state index in [0.717, 1.165) is 5.56 Å². The zero-order chi connectivity index (χ0) is 15.5. The number of para-hydroxylation sites is 1. The van der Waals surface area contributed by atoms with E-state index in [1.807, 2.05) is 18.2 Å². The summed E-state index contributed by atoms with van der Waals surface area (Å²) in [5.41, 5.74) is 1.91. The molecule has 0 amide bonds. The molecule has 0 saturated heterocycles. The first kappa shape index (κ1) is 14.2. The van der Waals surface area contributed by atoms with Gasteiger partial charge in [-0.3, -0.25) is 0 Å². The number of hydrogen-bond acceptors (Lipinski definition) is 3. The summed E-state index contributed by atoms with van der Waals surface area (Å²) in [4.78, 5) is 0. The molecule has 0 N–H and O–H groups in total. The van der Waals surface area contributed by atoms with Crippen molar-refractivity contribution in [1.82, 2.24) is 15.0 Å². The molecule has 0 atom stereocenters. The monoisotopic (exact) mass is 312 g/mol. The second-order valence-corrected chi connectivity index (χ2v) is 5.10. The number of benzene rings is 2. The second kappa shape index (κ2) is 5.96. The SMILES string of the molecule is N#Cc1nnn(-c2ccccc2F)c1Cc1ccc(Cl)cc1. The molecule has 6 heteroatoms. The van der Waals surface area contributed by atoms with E-state index in [2.05, 4.69) is 10.3 Å². The standard InChI is InChI=1S/C16H10ClFN4/c17-12-7-5-11(6-8-12)9-16-14(10-19)20-21-22(16)15-4-2-1-3-13(15)18/h1-8H,9H2. The normalized spacial score (nSPS) is 10.4. The molecular formula is C16H10ClFN4. The van der Waals surface area contributed by atoms with Crippen molar-refractivity contribution in [3.63, 3.8) is 0 Å². The van der Waals surface area contributed by atoms with Crippen molar-refractivity contribution < 1.29 is 4.39 Å². The molecule has 0 saturated carbocycles. The molecule has 2 aromatic carbocycles. The summed E-state index contributed by atoms with van der Waals surface area (Å²) in [6, 6.07) is 15.5. The maximum Gasteiger partial charge on any atom is 0.186 e. The summed E-state index contributed by atoms with van der Waals surface area (Å²) in [6.07, 6.45) is 0.404. The van der Waals surface area contributed by atoms with Gasteiger partial charge in [0.05, 0.1) is 5.69 Å². The summed E-state index contributed by atoms with van der Waals surface area (Å²) in [6.45, 7) is 0. The Labute approximate surface area is 131 Å². The Morgan fingerprint density at radius 1 is 1.14 bits per heavy atom. The van der Waals surface area contributed by atoms with Gasteiger partial charge in [-0.1, -0.05) is 41.1 Å². The van der Waals surface area contributed by atoms with Crippen molar-refractivity contribution in [3.8, 4) is 11.8 Å². The molecule has 0 fully saturated rings. The molecule has 0 aliphatic rings. The molecule has 22 heavy (non-hydrogen) atoms. The predicted octanol–water partition coefficient (Wildman–Crippen LogP) is 3.52. The van der Waals surface area contributed by atoms with Crippen LogP contribution in [-0.4, -0.2) is 15.0 Å². The lowest BCUT2D eigenvalue weighted by Crippen LogP contribution is -2.06. The maximum absolute atomic E-state index is 14.0. The van der Waals surface area contributed by atoms with Gasteiger partial charge < -0.3 is 0 Å². The summed E-state index contributed by atoms with van der Waals surface area (Å²) >= 11 is 5.87. The Morgan fingerprint density at radius 2 is 1.86 bits per heavy atom. The van der Waals surface area contributed by atoms with Crippen LogP contribution in [0.4, 0.5) is 4.39 Å². The molecular weight excluding hydrogens is 303 g/mol. The number of aromatic nitrogens is 3. The van der Waals surface area contributed by atoms with E-state index in [1.165, 1.54) is 10.7 Å². The number of nitriles is 1. The minimum Gasteiger partial charge on any atom is -0.213 e. The number of halogens is 2. The molecule has 0 aliphatic carbocycles. The van der Waals surface area contributed by atoms with Gasteiger partial charge in [0, 0.05) is 11.4 Å². The number of rotatable bonds is 3. The minimum atomic E-state index is -0.422. The van der Waals surface area contributed by atoms with Crippen LogP contribution in [0.5, 0.6) is 0 Å². The Hall–Kier alpha value is -2.71. The first-order valence-corrected chi connectivity index (χ1v) is 6.91. The van der Waals surface area contributed by atoms with E-state index >= 15 is 0 Å². The highest BCUT2D eigenvalue weighted by Crippen LogP contribution is 2.20. The van der Waals surface area contributed by atoms with Crippen LogP contribution >= 0.6 is 11.6 Å². The molecule has 3 rings (SSSR count). The van der Waals surface area contributed by atoms with Crippen LogP contribution in [0.25, 0.3) is 5.69 Å². The number of hydrogen-bond donors (Lipinski definition) is 0. The van der Waals surface area contributed by atoms with Gasteiger partial charge in [-0.15, -0.1) is 5.10 Å². The fourth-order valence-electron chi connectivity index (χ4n) is 2.16.